The van der Waals surface area contributed by atoms with Gasteiger partial charge in [0.25, 0.3) is 0 Å². The minimum atomic E-state index is -1.55. The van der Waals surface area contributed by atoms with Crippen LogP contribution in [0.4, 0.5) is 0 Å². The summed E-state index contributed by atoms with van der Waals surface area (Å²) in [6.07, 6.45) is 0. The molecule has 0 fully saturated rings. The van der Waals surface area contributed by atoms with Crippen LogP contribution in [0.2, 0.25) is 84.0 Å². The maximum atomic E-state index is 2.77. The SMILES string of the molecule is C[Si](C)(C)[CH]([Pb](=[Mo])[CH]([Si](C)(C)C)[Si](C)(C)C)[Si](C)(C)C. The van der Waals surface area contributed by atoms with Crippen molar-refractivity contribution in [3.05, 3.63) is 0 Å². The Morgan fingerprint density at radius 3 is 0.750 bits per heavy atom. The van der Waals surface area contributed by atoms with E-state index in [4.69, 9.17) is 0 Å². The van der Waals surface area contributed by atoms with Crippen molar-refractivity contribution in [1.82, 2.24) is 0 Å². The van der Waals surface area contributed by atoms with Crippen LogP contribution < -0.4 is 0 Å². The van der Waals surface area contributed by atoms with Crippen LogP contribution in [0, 0.1) is 0 Å². The molecule has 0 nitrogen and oxygen atoms in total. The zero-order valence-electron chi connectivity index (χ0n) is 16.1. The van der Waals surface area contributed by atoms with Crippen molar-refractivity contribution in [2.75, 3.05) is 0 Å². The van der Waals surface area contributed by atoms with Crippen molar-refractivity contribution in [3.8, 4) is 0 Å². The number of hydrogen-bond acceptors (Lipinski definition) is 0. The first kappa shape index (κ1) is 22.5. The van der Waals surface area contributed by atoms with Crippen LogP contribution in [0.15, 0.2) is 0 Å². The molecule has 0 saturated heterocycles. The molecule has 0 saturated carbocycles. The molecular weight excluding hydrogens is 584 g/mol. The van der Waals surface area contributed by atoms with Crippen molar-refractivity contribution in [1.29, 1.82) is 0 Å². The van der Waals surface area contributed by atoms with Crippen LogP contribution in [-0.2, 0) is 14.7 Å². The van der Waals surface area contributed by atoms with Gasteiger partial charge in [0.2, 0.25) is 0 Å². The van der Waals surface area contributed by atoms with E-state index in [1.165, 1.54) is 5.45 Å². The molecule has 20 heavy (non-hydrogen) atoms. The van der Waals surface area contributed by atoms with Crippen LogP contribution in [0.3, 0.4) is 0 Å². The molecular formula is C14H38MoPbSi4. The van der Waals surface area contributed by atoms with Crippen molar-refractivity contribution >= 4 is 50.9 Å². The van der Waals surface area contributed by atoms with Crippen molar-refractivity contribution in [2.45, 2.75) is 84.0 Å². The Morgan fingerprint density at radius 1 is 0.500 bits per heavy atom. The van der Waals surface area contributed by atoms with Gasteiger partial charge >= 0.3 is 150 Å². The predicted molar refractivity (Wildman–Crippen MR) is 107 cm³/mol. The third-order valence-electron chi connectivity index (χ3n) is 4.03. The molecule has 0 aromatic rings. The molecule has 0 unspecified atom stereocenters. The van der Waals surface area contributed by atoms with Gasteiger partial charge in [-0.15, -0.1) is 0 Å². The summed E-state index contributed by atoms with van der Waals surface area (Å²) >= 11 is 1.22. The third kappa shape index (κ3) is 6.54. The van der Waals surface area contributed by atoms with Crippen LogP contribution >= 0.6 is 0 Å². The molecule has 0 amide bonds. The van der Waals surface area contributed by atoms with E-state index in [9.17, 15) is 0 Å². The van der Waals surface area contributed by atoms with E-state index < -0.39 is 50.9 Å². The van der Waals surface area contributed by atoms with E-state index in [0.29, 0.717) is 0 Å². The van der Waals surface area contributed by atoms with Gasteiger partial charge in [0.05, 0.1) is 0 Å². The quantitative estimate of drug-likeness (QED) is 0.330. The Hall–Kier alpha value is 2.48. The van der Waals surface area contributed by atoms with Gasteiger partial charge in [-0.05, 0) is 0 Å². The molecule has 0 spiro atoms. The average molecular weight is 622 g/mol. The molecule has 0 aromatic carbocycles. The molecule has 0 aromatic heterocycles. The zero-order chi connectivity index (χ0) is 16.7. The maximum absolute atomic E-state index is 2.77. The second-order valence-corrected chi connectivity index (χ2v) is 59.9. The molecule has 0 aliphatic heterocycles. The number of rotatable bonds is 6. The van der Waals surface area contributed by atoms with Gasteiger partial charge in [-0.1, -0.05) is 0 Å². The summed E-state index contributed by atoms with van der Waals surface area (Å²) in [5.41, 5.74) is 0. The Morgan fingerprint density at radius 2 is 0.650 bits per heavy atom. The molecule has 0 bridgehead atoms. The van der Waals surface area contributed by atoms with E-state index in [1.807, 2.05) is 0 Å². The second-order valence-electron chi connectivity index (χ2n) is 10.7. The van der Waals surface area contributed by atoms with Gasteiger partial charge in [0.1, 0.15) is 0 Å². The fourth-order valence-corrected chi connectivity index (χ4v) is 173. The summed E-state index contributed by atoms with van der Waals surface area (Å²) in [7, 11) is -4.01. The van der Waals surface area contributed by atoms with Crippen LogP contribution in [0.25, 0.3) is 0 Å². The average Bonchev–Trinajstić information content (AvgIpc) is 1.88. The Labute approximate surface area is 148 Å². The minimum absolute atomic E-state index is 1.00. The molecule has 0 radical (unpaired) electrons. The first-order valence-corrected chi connectivity index (χ1v) is 37.1. The summed E-state index contributed by atoms with van der Waals surface area (Å²) in [5.74, 6) is 0. The molecule has 0 aliphatic carbocycles. The fourth-order valence-electron chi connectivity index (χ4n) is 4.47. The first-order valence-electron chi connectivity index (χ1n) is 7.94. The van der Waals surface area contributed by atoms with Gasteiger partial charge in [0, 0.05) is 0 Å². The zero-order valence-corrected chi connectivity index (χ0v) is 26.0. The van der Waals surface area contributed by atoms with E-state index in [2.05, 4.69) is 93.3 Å². The molecule has 0 atom stereocenters. The van der Waals surface area contributed by atoms with E-state index in [1.54, 1.807) is 0 Å². The Bertz CT molecular complexity index is 293. The monoisotopic (exact) mass is 624 g/mol. The van der Waals surface area contributed by atoms with Gasteiger partial charge in [0.15, 0.2) is 0 Å². The van der Waals surface area contributed by atoms with Gasteiger partial charge in [-0.2, -0.15) is 0 Å². The second kappa shape index (κ2) is 7.16. The summed E-state index contributed by atoms with van der Waals surface area (Å²) < 4.78 is 2.54. The van der Waals surface area contributed by atoms with Crippen LogP contribution in [-0.4, -0.2) is 50.9 Å². The topological polar surface area (TPSA) is 0 Å². The first-order chi connectivity index (χ1) is 8.40. The van der Waals surface area contributed by atoms with E-state index in [-0.39, 0.29) is 0 Å². The van der Waals surface area contributed by atoms with Crippen molar-refractivity contribution in [3.63, 3.8) is 0 Å². The van der Waals surface area contributed by atoms with E-state index in [0.717, 1.165) is 0 Å². The van der Waals surface area contributed by atoms with Crippen LogP contribution in [0.1, 0.15) is 0 Å². The summed E-state index contributed by atoms with van der Waals surface area (Å²) in [6.45, 7) is 32.1. The molecule has 0 heterocycles. The van der Waals surface area contributed by atoms with Crippen molar-refractivity contribution in [2.24, 2.45) is 0 Å². The Kier molecular flexibility index (Phi) is 8.04. The van der Waals surface area contributed by atoms with E-state index >= 15 is 0 Å². The summed E-state index contributed by atoms with van der Waals surface area (Å²) in [4.78, 5) is 0. The third-order valence-corrected chi connectivity index (χ3v) is 107. The number of hydrogen-bond donors (Lipinski definition) is 0. The molecule has 0 rings (SSSR count). The molecule has 120 valence electrons. The van der Waals surface area contributed by atoms with Crippen molar-refractivity contribution < 1.29 is 14.7 Å². The van der Waals surface area contributed by atoms with Gasteiger partial charge in [-0.3, -0.25) is 0 Å². The summed E-state index contributed by atoms with van der Waals surface area (Å²) in [6, 6.07) is 0. The Balaban J connectivity index is 5.89. The normalized spacial score (nSPS) is 15.1. The van der Waals surface area contributed by atoms with Gasteiger partial charge in [-0.25, -0.2) is 0 Å². The van der Waals surface area contributed by atoms with Crippen LogP contribution in [0.5, 0.6) is 0 Å². The summed E-state index contributed by atoms with van der Waals surface area (Å²) in [5, 5.41) is 0. The fraction of sp³-hybridized carbons (Fsp3) is 1.00. The molecule has 6 heteroatoms. The standard InChI is InChI=1S/2C7H19Si2.Mo.Pb/c2*1-8(2,3)7-9(4,5)6;;/h2*7H,1-6H3;;. The predicted octanol–water partition coefficient (Wildman–Crippen LogP) is 5.77. The molecule has 0 N–H and O–H groups in total. The van der Waals surface area contributed by atoms with Gasteiger partial charge < -0.3 is 0 Å². The molecule has 0 aliphatic rings.